The highest BCUT2D eigenvalue weighted by atomic mass is 79.9. The van der Waals surface area contributed by atoms with E-state index in [2.05, 4.69) is 33.4 Å². The van der Waals surface area contributed by atoms with E-state index in [1.54, 1.807) is 0 Å². The quantitative estimate of drug-likeness (QED) is 0.896. The highest BCUT2D eigenvalue weighted by molar-refractivity contribution is 9.10. The van der Waals surface area contributed by atoms with Crippen molar-refractivity contribution in [1.82, 2.24) is 5.32 Å². The largest absolute Gasteiger partial charge is 0.493 e. The summed E-state index contributed by atoms with van der Waals surface area (Å²) in [5.74, 6) is 1.06. The number of nitrogens with one attached hydrogen (secondary N) is 1. The minimum Gasteiger partial charge on any atom is -0.493 e. The fourth-order valence-corrected chi connectivity index (χ4v) is 3.78. The van der Waals surface area contributed by atoms with Crippen molar-refractivity contribution in [3.63, 3.8) is 0 Å². The number of halogens is 1. The summed E-state index contributed by atoms with van der Waals surface area (Å²) >= 11 is 3.59. The van der Waals surface area contributed by atoms with Crippen LogP contribution in [0.15, 0.2) is 16.6 Å². The fourth-order valence-electron chi connectivity index (χ4n) is 3.23. The standard InChI is InChI=1S/C15H20BrNO2/c16-13-7-11-1-6-19-14(11)12(8-13)9-15(10-18)2-4-17-5-3-15/h7-8,17-18H,1-6,9-10H2. The van der Waals surface area contributed by atoms with Crippen LogP contribution in [0.4, 0.5) is 0 Å². The van der Waals surface area contributed by atoms with Crippen molar-refractivity contribution >= 4 is 15.9 Å². The molecule has 0 saturated carbocycles. The van der Waals surface area contributed by atoms with E-state index in [9.17, 15) is 5.11 Å². The van der Waals surface area contributed by atoms with E-state index >= 15 is 0 Å². The van der Waals surface area contributed by atoms with E-state index in [-0.39, 0.29) is 12.0 Å². The lowest BCUT2D eigenvalue weighted by molar-refractivity contribution is 0.0886. The number of aliphatic hydroxyl groups is 1. The van der Waals surface area contributed by atoms with Gasteiger partial charge in [0.2, 0.25) is 0 Å². The van der Waals surface area contributed by atoms with Crippen molar-refractivity contribution in [3.8, 4) is 5.75 Å². The van der Waals surface area contributed by atoms with Crippen LogP contribution in [0.3, 0.4) is 0 Å². The Morgan fingerprint density at radius 3 is 2.84 bits per heavy atom. The van der Waals surface area contributed by atoms with E-state index in [0.717, 1.165) is 55.6 Å². The number of ether oxygens (including phenoxy) is 1. The zero-order valence-electron chi connectivity index (χ0n) is 11.0. The van der Waals surface area contributed by atoms with Gasteiger partial charge in [-0.15, -0.1) is 0 Å². The molecule has 2 aliphatic rings. The van der Waals surface area contributed by atoms with Crippen molar-refractivity contribution < 1.29 is 9.84 Å². The number of fused-ring (bicyclic) bond motifs is 1. The molecule has 0 bridgehead atoms. The zero-order valence-corrected chi connectivity index (χ0v) is 12.6. The van der Waals surface area contributed by atoms with Gasteiger partial charge in [-0.25, -0.2) is 0 Å². The molecule has 0 amide bonds. The molecule has 104 valence electrons. The van der Waals surface area contributed by atoms with E-state index < -0.39 is 0 Å². The van der Waals surface area contributed by atoms with Gasteiger partial charge in [0.1, 0.15) is 5.75 Å². The summed E-state index contributed by atoms with van der Waals surface area (Å²) < 4.78 is 6.92. The lowest BCUT2D eigenvalue weighted by atomic mass is 9.74. The Kier molecular flexibility index (Phi) is 3.83. The second kappa shape index (κ2) is 5.43. The van der Waals surface area contributed by atoms with Gasteiger partial charge in [0.05, 0.1) is 6.61 Å². The van der Waals surface area contributed by atoms with E-state index in [0.29, 0.717) is 0 Å². The van der Waals surface area contributed by atoms with Gasteiger partial charge in [-0.1, -0.05) is 15.9 Å². The maximum Gasteiger partial charge on any atom is 0.125 e. The maximum atomic E-state index is 9.84. The first-order valence-electron chi connectivity index (χ1n) is 6.98. The summed E-state index contributed by atoms with van der Waals surface area (Å²) in [5.41, 5.74) is 2.57. The number of rotatable bonds is 3. The monoisotopic (exact) mass is 325 g/mol. The second-order valence-electron chi connectivity index (χ2n) is 5.74. The number of piperidine rings is 1. The summed E-state index contributed by atoms with van der Waals surface area (Å²) in [4.78, 5) is 0. The van der Waals surface area contributed by atoms with Crippen LogP contribution in [-0.4, -0.2) is 31.4 Å². The molecule has 0 radical (unpaired) electrons. The lowest BCUT2D eigenvalue weighted by Crippen LogP contribution is -2.40. The Balaban J connectivity index is 1.90. The summed E-state index contributed by atoms with van der Waals surface area (Å²) in [7, 11) is 0. The van der Waals surface area contributed by atoms with Gasteiger partial charge >= 0.3 is 0 Å². The van der Waals surface area contributed by atoms with Crippen molar-refractivity contribution in [2.45, 2.75) is 25.7 Å². The van der Waals surface area contributed by atoms with Crippen LogP contribution in [0.25, 0.3) is 0 Å². The molecule has 2 aliphatic heterocycles. The number of aliphatic hydroxyl groups excluding tert-OH is 1. The molecule has 0 unspecified atom stereocenters. The molecule has 4 heteroatoms. The molecular formula is C15H20BrNO2. The molecule has 0 atom stereocenters. The highest BCUT2D eigenvalue weighted by Gasteiger charge is 2.33. The van der Waals surface area contributed by atoms with Crippen LogP contribution in [-0.2, 0) is 12.8 Å². The molecule has 3 nitrogen and oxygen atoms in total. The predicted molar refractivity (Wildman–Crippen MR) is 78.7 cm³/mol. The molecule has 1 aromatic carbocycles. The topological polar surface area (TPSA) is 41.5 Å². The molecule has 1 aromatic rings. The van der Waals surface area contributed by atoms with E-state index in [1.807, 2.05) is 0 Å². The van der Waals surface area contributed by atoms with Gasteiger partial charge in [-0.05, 0) is 55.6 Å². The summed E-state index contributed by atoms with van der Waals surface area (Å²) in [6.45, 7) is 3.04. The first kappa shape index (κ1) is 13.4. The van der Waals surface area contributed by atoms with Crippen LogP contribution in [0.5, 0.6) is 5.75 Å². The van der Waals surface area contributed by atoms with Gasteiger partial charge in [0.25, 0.3) is 0 Å². The molecule has 3 rings (SSSR count). The molecule has 0 spiro atoms. The summed E-state index contributed by atoms with van der Waals surface area (Å²) in [5, 5.41) is 13.2. The van der Waals surface area contributed by atoms with E-state index in [1.165, 1.54) is 11.1 Å². The summed E-state index contributed by atoms with van der Waals surface area (Å²) in [6.07, 6.45) is 3.97. The summed E-state index contributed by atoms with van der Waals surface area (Å²) in [6, 6.07) is 4.31. The maximum absolute atomic E-state index is 9.84. The van der Waals surface area contributed by atoms with Crippen molar-refractivity contribution in [3.05, 3.63) is 27.7 Å². The Morgan fingerprint density at radius 2 is 2.11 bits per heavy atom. The fraction of sp³-hybridized carbons (Fsp3) is 0.600. The van der Waals surface area contributed by atoms with Gasteiger partial charge in [0, 0.05) is 22.9 Å². The van der Waals surface area contributed by atoms with Gasteiger partial charge in [0.15, 0.2) is 0 Å². The Morgan fingerprint density at radius 1 is 1.32 bits per heavy atom. The smallest absolute Gasteiger partial charge is 0.125 e. The minimum atomic E-state index is 0.0196. The first-order valence-corrected chi connectivity index (χ1v) is 7.77. The lowest BCUT2D eigenvalue weighted by Gasteiger charge is -2.36. The second-order valence-corrected chi connectivity index (χ2v) is 6.65. The third-order valence-corrected chi connectivity index (χ3v) is 4.85. The minimum absolute atomic E-state index is 0.0196. The predicted octanol–water partition coefficient (Wildman–Crippen LogP) is 2.29. The average Bonchev–Trinajstić information content (AvgIpc) is 2.88. The van der Waals surface area contributed by atoms with Crippen molar-refractivity contribution in [1.29, 1.82) is 0 Å². The zero-order chi connectivity index (χ0) is 13.3. The Bertz CT molecular complexity index is 469. The molecule has 19 heavy (non-hydrogen) atoms. The molecule has 0 aliphatic carbocycles. The third-order valence-electron chi connectivity index (χ3n) is 4.39. The average molecular weight is 326 g/mol. The van der Waals surface area contributed by atoms with Gasteiger partial charge in [-0.3, -0.25) is 0 Å². The molecule has 1 saturated heterocycles. The molecule has 2 heterocycles. The molecule has 0 aromatic heterocycles. The number of benzene rings is 1. The number of hydrogen-bond acceptors (Lipinski definition) is 3. The Hall–Kier alpha value is -0.580. The third kappa shape index (κ3) is 2.67. The number of hydrogen-bond donors (Lipinski definition) is 2. The normalized spacial score (nSPS) is 20.9. The van der Waals surface area contributed by atoms with Crippen LogP contribution in [0.2, 0.25) is 0 Å². The van der Waals surface area contributed by atoms with Crippen LogP contribution >= 0.6 is 15.9 Å². The van der Waals surface area contributed by atoms with E-state index in [4.69, 9.17) is 4.74 Å². The van der Waals surface area contributed by atoms with Crippen LogP contribution in [0.1, 0.15) is 24.0 Å². The SMILES string of the molecule is OCC1(Cc2cc(Br)cc3c2OCC3)CCNCC1. The van der Waals surface area contributed by atoms with Gasteiger partial charge in [-0.2, -0.15) is 0 Å². The van der Waals surface area contributed by atoms with Crippen LogP contribution in [0, 0.1) is 5.41 Å². The van der Waals surface area contributed by atoms with Crippen molar-refractivity contribution in [2.24, 2.45) is 5.41 Å². The molecular weight excluding hydrogens is 306 g/mol. The molecule has 1 fully saturated rings. The Labute approximate surface area is 122 Å². The molecule has 2 N–H and O–H groups in total. The van der Waals surface area contributed by atoms with Crippen molar-refractivity contribution in [2.75, 3.05) is 26.3 Å². The highest BCUT2D eigenvalue weighted by Crippen LogP contribution is 2.39. The van der Waals surface area contributed by atoms with Gasteiger partial charge < -0.3 is 15.2 Å². The first-order chi connectivity index (χ1) is 9.22. The van der Waals surface area contributed by atoms with Crippen LogP contribution < -0.4 is 10.1 Å².